The Morgan fingerprint density at radius 3 is 2.81 bits per heavy atom. The van der Waals surface area contributed by atoms with Gasteiger partial charge in [-0.3, -0.25) is 4.90 Å². The molecule has 88 valence electrons. The maximum Gasteiger partial charge on any atom is 0.0480 e. The van der Waals surface area contributed by atoms with Crippen LogP contribution in [-0.2, 0) is 0 Å². The molecular formula is C14H22N2. The lowest BCUT2D eigenvalue weighted by atomic mass is 9.92. The Hall–Kier alpha value is -0.860. The molecule has 1 aliphatic rings. The highest BCUT2D eigenvalue weighted by atomic mass is 15.2. The van der Waals surface area contributed by atoms with Crippen molar-refractivity contribution in [2.45, 2.75) is 31.7 Å². The lowest BCUT2D eigenvalue weighted by Crippen LogP contribution is -2.38. The molecule has 0 radical (unpaired) electrons. The third-order valence-corrected chi connectivity index (χ3v) is 3.68. The van der Waals surface area contributed by atoms with Gasteiger partial charge in [0.15, 0.2) is 0 Å². The maximum absolute atomic E-state index is 3.27. The second-order valence-electron chi connectivity index (χ2n) is 4.73. The maximum atomic E-state index is 3.27. The summed E-state index contributed by atoms with van der Waals surface area (Å²) in [6, 6.07) is 11.6. The molecule has 0 spiro atoms. The molecule has 1 aromatic carbocycles. The minimum Gasteiger partial charge on any atom is -0.307 e. The van der Waals surface area contributed by atoms with Gasteiger partial charge in [-0.1, -0.05) is 37.3 Å². The minimum absolute atomic E-state index is 0.636. The van der Waals surface area contributed by atoms with Crippen molar-refractivity contribution in [3.05, 3.63) is 35.9 Å². The first-order chi connectivity index (χ1) is 7.83. The average molecular weight is 218 g/mol. The fourth-order valence-electron chi connectivity index (χ4n) is 2.80. The topological polar surface area (TPSA) is 15.3 Å². The Bertz CT molecular complexity index is 310. The Balaban J connectivity index is 2.06. The minimum atomic E-state index is 0.636. The number of hydrogen-bond donors (Lipinski definition) is 1. The summed E-state index contributed by atoms with van der Waals surface area (Å²) in [7, 11) is 2.03. The molecule has 0 aromatic heterocycles. The van der Waals surface area contributed by atoms with Crippen LogP contribution in [0.2, 0.25) is 0 Å². The third-order valence-electron chi connectivity index (χ3n) is 3.68. The first-order valence-corrected chi connectivity index (χ1v) is 6.26. The van der Waals surface area contributed by atoms with E-state index in [1.165, 1.54) is 24.9 Å². The van der Waals surface area contributed by atoms with Crippen LogP contribution in [0.5, 0.6) is 0 Å². The molecule has 1 N–H and O–H groups in total. The normalized spacial score (nSPS) is 23.5. The molecule has 1 fully saturated rings. The SMILES string of the molecule is CNCN1CCCC1C(C)c1ccccc1. The van der Waals surface area contributed by atoms with Crippen LogP contribution in [0.15, 0.2) is 30.3 Å². The fraction of sp³-hybridized carbons (Fsp3) is 0.571. The van der Waals surface area contributed by atoms with Crippen LogP contribution in [0.3, 0.4) is 0 Å². The summed E-state index contributed by atoms with van der Waals surface area (Å²) < 4.78 is 0. The van der Waals surface area contributed by atoms with E-state index in [0.29, 0.717) is 12.0 Å². The van der Waals surface area contributed by atoms with Crippen molar-refractivity contribution in [1.29, 1.82) is 0 Å². The molecular weight excluding hydrogens is 196 g/mol. The molecule has 1 heterocycles. The van der Waals surface area contributed by atoms with E-state index in [2.05, 4.69) is 47.5 Å². The fourth-order valence-corrected chi connectivity index (χ4v) is 2.80. The number of hydrogen-bond acceptors (Lipinski definition) is 2. The van der Waals surface area contributed by atoms with Crippen LogP contribution in [-0.4, -0.2) is 31.2 Å². The first-order valence-electron chi connectivity index (χ1n) is 6.26. The monoisotopic (exact) mass is 218 g/mol. The number of nitrogens with zero attached hydrogens (tertiary/aromatic N) is 1. The molecule has 1 aliphatic heterocycles. The lowest BCUT2D eigenvalue weighted by Gasteiger charge is -2.29. The predicted octanol–water partition coefficient (Wildman–Crippen LogP) is 2.43. The van der Waals surface area contributed by atoms with E-state index < -0.39 is 0 Å². The third kappa shape index (κ3) is 2.45. The molecule has 2 unspecified atom stereocenters. The van der Waals surface area contributed by atoms with Gasteiger partial charge < -0.3 is 5.32 Å². The van der Waals surface area contributed by atoms with Gasteiger partial charge in [-0.05, 0) is 37.9 Å². The Morgan fingerprint density at radius 2 is 2.12 bits per heavy atom. The van der Waals surface area contributed by atoms with Crippen molar-refractivity contribution in [2.24, 2.45) is 0 Å². The summed E-state index contributed by atoms with van der Waals surface area (Å²) in [4.78, 5) is 2.57. The first kappa shape index (κ1) is 11.6. The van der Waals surface area contributed by atoms with Gasteiger partial charge in [0.2, 0.25) is 0 Å². The van der Waals surface area contributed by atoms with E-state index in [-0.39, 0.29) is 0 Å². The predicted molar refractivity (Wildman–Crippen MR) is 68.5 cm³/mol. The molecule has 0 amide bonds. The van der Waals surface area contributed by atoms with E-state index in [1.807, 2.05) is 7.05 Å². The molecule has 1 aromatic rings. The van der Waals surface area contributed by atoms with E-state index in [0.717, 1.165) is 6.67 Å². The molecule has 0 saturated carbocycles. The highest BCUT2D eigenvalue weighted by Gasteiger charge is 2.29. The smallest absolute Gasteiger partial charge is 0.0480 e. The quantitative estimate of drug-likeness (QED) is 0.835. The zero-order valence-corrected chi connectivity index (χ0v) is 10.3. The Morgan fingerprint density at radius 1 is 1.38 bits per heavy atom. The average Bonchev–Trinajstić information content (AvgIpc) is 2.78. The Labute approximate surface area is 98.7 Å². The molecule has 2 nitrogen and oxygen atoms in total. The largest absolute Gasteiger partial charge is 0.307 e. The van der Waals surface area contributed by atoms with E-state index in [9.17, 15) is 0 Å². The summed E-state index contributed by atoms with van der Waals surface area (Å²) in [5, 5.41) is 3.27. The number of nitrogens with one attached hydrogen (secondary N) is 1. The second kappa shape index (κ2) is 5.46. The van der Waals surface area contributed by atoms with Gasteiger partial charge >= 0.3 is 0 Å². The van der Waals surface area contributed by atoms with Gasteiger partial charge in [-0.2, -0.15) is 0 Å². The molecule has 0 aliphatic carbocycles. The zero-order valence-electron chi connectivity index (χ0n) is 10.3. The number of likely N-dealkylation sites (tertiary alicyclic amines) is 1. The molecule has 2 heteroatoms. The van der Waals surface area contributed by atoms with Crippen molar-refractivity contribution in [1.82, 2.24) is 10.2 Å². The summed E-state index contributed by atoms with van der Waals surface area (Å²) in [6.07, 6.45) is 2.67. The van der Waals surface area contributed by atoms with Crippen LogP contribution in [0.1, 0.15) is 31.2 Å². The molecule has 2 rings (SSSR count). The van der Waals surface area contributed by atoms with Crippen LogP contribution in [0, 0.1) is 0 Å². The van der Waals surface area contributed by atoms with Crippen LogP contribution < -0.4 is 5.32 Å². The lowest BCUT2D eigenvalue weighted by molar-refractivity contribution is 0.218. The number of benzene rings is 1. The molecule has 16 heavy (non-hydrogen) atoms. The van der Waals surface area contributed by atoms with Crippen molar-refractivity contribution >= 4 is 0 Å². The van der Waals surface area contributed by atoms with Crippen LogP contribution in [0.4, 0.5) is 0 Å². The van der Waals surface area contributed by atoms with Crippen molar-refractivity contribution in [2.75, 3.05) is 20.3 Å². The van der Waals surface area contributed by atoms with Gasteiger partial charge in [-0.25, -0.2) is 0 Å². The van der Waals surface area contributed by atoms with Crippen molar-refractivity contribution < 1.29 is 0 Å². The van der Waals surface area contributed by atoms with Gasteiger partial charge in [-0.15, -0.1) is 0 Å². The van der Waals surface area contributed by atoms with E-state index in [4.69, 9.17) is 0 Å². The summed E-state index contributed by atoms with van der Waals surface area (Å²) in [5.74, 6) is 0.636. The van der Waals surface area contributed by atoms with Gasteiger partial charge in [0, 0.05) is 12.7 Å². The van der Waals surface area contributed by atoms with Crippen LogP contribution in [0.25, 0.3) is 0 Å². The highest BCUT2D eigenvalue weighted by molar-refractivity contribution is 5.21. The van der Waals surface area contributed by atoms with Crippen molar-refractivity contribution in [3.63, 3.8) is 0 Å². The highest BCUT2D eigenvalue weighted by Crippen LogP contribution is 2.30. The molecule has 2 atom stereocenters. The standard InChI is InChI=1S/C14H22N2/c1-12(13-7-4-3-5-8-13)14-9-6-10-16(14)11-15-2/h3-5,7-8,12,14-15H,6,9-11H2,1-2H3. The molecule has 1 saturated heterocycles. The van der Waals surface area contributed by atoms with Gasteiger partial charge in [0.25, 0.3) is 0 Å². The summed E-state index contributed by atoms with van der Waals surface area (Å²) in [6.45, 7) is 4.61. The zero-order chi connectivity index (χ0) is 11.4. The van der Waals surface area contributed by atoms with Gasteiger partial charge in [0.05, 0.1) is 0 Å². The summed E-state index contributed by atoms with van der Waals surface area (Å²) >= 11 is 0. The van der Waals surface area contributed by atoms with Crippen LogP contribution >= 0.6 is 0 Å². The second-order valence-corrected chi connectivity index (χ2v) is 4.73. The van der Waals surface area contributed by atoms with E-state index in [1.54, 1.807) is 0 Å². The number of rotatable bonds is 4. The summed E-state index contributed by atoms with van der Waals surface area (Å²) in [5.41, 5.74) is 1.47. The van der Waals surface area contributed by atoms with E-state index >= 15 is 0 Å². The van der Waals surface area contributed by atoms with Crippen molar-refractivity contribution in [3.8, 4) is 0 Å². The Kier molecular flexibility index (Phi) is 3.97. The molecule has 0 bridgehead atoms. The van der Waals surface area contributed by atoms with Gasteiger partial charge in [0.1, 0.15) is 0 Å².